The number of ether oxygens (including phenoxy) is 1. The Kier molecular flexibility index (Phi) is 5.76. The van der Waals surface area contributed by atoms with Crippen molar-refractivity contribution in [2.45, 2.75) is 13.8 Å². The number of rotatable bonds is 5. The van der Waals surface area contributed by atoms with Crippen molar-refractivity contribution in [1.29, 1.82) is 0 Å². The molecule has 0 fully saturated rings. The second-order valence-electron chi connectivity index (χ2n) is 4.95. The fourth-order valence-electron chi connectivity index (χ4n) is 1.94. The van der Waals surface area contributed by atoms with Gasteiger partial charge in [-0.15, -0.1) is 0 Å². The van der Waals surface area contributed by atoms with Crippen LogP contribution < -0.4 is 10.2 Å². The highest BCUT2D eigenvalue weighted by atomic mass is 79.9. The first-order valence-corrected chi connectivity index (χ1v) is 7.77. The van der Waals surface area contributed by atoms with Gasteiger partial charge in [-0.1, -0.05) is 28.1 Å². The molecule has 0 aliphatic carbocycles. The normalized spacial score (nSPS) is 11.2. The third kappa shape index (κ3) is 4.82. The lowest BCUT2D eigenvalue weighted by atomic mass is 10.1. The van der Waals surface area contributed by atoms with E-state index in [2.05, 4.69) is 26.5 Å². The summed E-state index contributed by atoms with van der Waals surface area (Å²) >= 11 is 3.37. The van der Waals surface area contributed by atoms with Crippen molar-refractivity contribution in [1.82, 2.24) is 5.43 Å². The van der Waals surface area contributed by atoms with E-state index in [1.54, 1.807) is 37.3 Å². The number of phenolic OH excluding ortho intramolecular Hbond substituents is 1. The molecule has 2 aromatic carbocycles. The number of phenols is 1. The highest BCUT2D eigenvalue weighted by molar-refractivity contribution is 9.10. The molecule has 2 rings (SSSR count). The molecule has 2 N–H and O–H groups in total. The second kappa shape index (κ2) is 7.78. The smallest absolute Gasteiger partial charge is 0.277 e. The second-order valence-corrected chi connectivity index (χ2v) is 5.86. The van der Waals surface area contributed by atoms with Crippen molar-refractivity contribution < 1.29 is 14.6 Å². The molecule has 120 valence electrons. The van der Waals surface area contributed by atoms with E-state index in [-0.39, 0.29) is 18.3 Å². The molecular weight excluding hydrogens is 360 g/mol. The van der Waals surface area contributed by atoms with Gasteiger partial charge in [-0.3, -0.25) is 4.79 Å². The molecule has 0 radical (unpaired) electrons. The lowest BCUT2D eigenvalue weighted by molar-refractivity contribution is -0.123. The molecule has 0 saturated carbocycles. The predicted molar refractivity (Wildman–Crippen MR) is 92.8 cm³/mol. The third-order valence-electron chi connectivity index (χ3n) is 3.14. The van der Waals surface area contributed by atoms with E-state index in [9.17, 15) is 9.90 Å². The van der Waals surface area contributed by atoms with Gasteiger partial charge in [-0.05, 0) is 49.7 Å². The van der Waals surface area contributed by atoms with Crippen molar-refractivity contribution in [2.75, 3.05) is 6.61 Å². The summed E-state index contributed by atoms with van der Waals surface area (Å²) < 4.78 is 6.42. The van der Waals surface area contributed by atoms with Gasteiger partial charge in [0.15, 0.2) is 6.61 Å². The van der Waals surface area contributed by atoms with Crippen LogP contribution in [-0.4, -0.2) is 23.3 Å². The van der Waals surface area contributed by atoms with Crippen LogP contribution in [0.3, 0.4) is 0 Å². The van der Waals surface area contributed by atoms with Gasteiger partial charge in [0.05, 0.1) is 5.71 Å². The number of carbonyl (C=O) groups excluding carboxylic acids is 1. The van der Waals surface area contributed by atoms with Gasteiger partial charge >= 0.3 is 0 Å². The number of amides is 1. The Hall–Kier alpha value is -2.34. The fourth-order valence-corrected chi connectivity index (χ4v) is 2.41. The minimum atomic E-state index is -0.373. The Morgan fingerprint density at radius 3 is 2.74 bits per heavy atom. The number of nitrogens with one attached hydrogen (secondary N) is 1. The lowest BCUT2D eigenvalue weighted by Gasteiger charge is -2.09. The largest absolute Gasteiger partial charge is 0.507 e. The standard InChI is InChI=1S/C17H17BrN2O3/c1-11-9-13(18)7-8-16(11)23-10-17(22)20-19-12(2)14-5-3-4-6-15(14)21/h3-9,21H,10H2,1-2H3,(H,20,22)/b19-12+. The molecule has 0 aliphatic heterocycles. The summed E-state index contributed by atoms with van der Waals surface area (Å²) in [6.07, 6.45) is 0. The van der Waals surface area contributed by atoms with Crippen molar-refractivity contribution in [3.05, 3.63) is 58.1 Å². The minimum absolute atomic E-state index is 0.115. The molecule has 2 aromatic rings. The quantitative estimate of drug-likeness (QED) is 0.620. The number of benzene rings is 2. The molecule has 23 heavy (non-hydrogen) atoms. The zero-order valence-electron chi connectivity index (χ0n) is 12.8. The van der Waals surface area contributed by atoms with Gasteiger partial charge < -0.3 is 9.84 Å². The average Bonchev–Trinajstić information content (AvgIpc) is 2.52. The van der Waals surface area contributed by atoms with E-state index in [0.29, 0.717) is 17.0 Å². The lowest BCUT2D eigenvalue weighted by Crippen LogP contribution is -2.25. The van der Waals surface area contributed by atoms with Crippen LogP contribution in [0, 0.1) is 6.92 Å². The van der Waals surface area contributed by atoms with Gasteiger partial charge in [0, 0.05) is 10.0 Å². The highest BCUT2D eigenvalue weighted by Gasteiger charge is 2.07. The van der Waals surface area contributed by atoms with Crippen molar-refractivity contribution in [2.24, 2.45) is 5.10 Å². The average molecular weight is 377 g/mol. The summed E-state index contributed by atoms with van der Waals surface area (Å²) in [5.41, 5.74) is 4.42. The number of aromatic hydroxyl groups is 1. The number of carbonyl (C=O) groups is 1. The number of halogens is 1. The van der Waals surface area contributed by atoms with Crippen LogP contribution in [-0.2, 0) is 4.79 Å². The van der Waals surface area contributed by atoms with Crippen LogP contribution in [0.5, 0.6) is 11.5 Å². The summed E-state index contributed by atoms with van der Waals surface area (Å²) in [6, 6.07) is 12.4. The molecule has 0 heterocycles. The van der Waals surface area contributed by atoms with E-state index in [1.165, 1.54) is 0 Å². The highest BCUT2D eigenvalue weighted by Crippen LogP contribution is 2.22. The monoisotopic (exact) mass is 376 g/mol. The summed E-state index contributed by atoms with van der Waals surface area (Å²) in [4.78, 5) is 11.8. The summed E-state index contributed by atoms with van der Waals surface area (Å²) in [5.74, 6) is 0.386. The van der Waals surface area contributed by atoms with Crippen LogP contribution in [0.25, 0.3) is 0 Å². The van der Waals surface area contributed by atoms with Crippen LogP contribution in [0.1, 0.15) is 18.1 Å². The first-order valence-electron chi connectivity index (χ1n) is 6.98. The maximum absolute atomic E-state index is 11.8. The molecule has 0 aromatic heterocycles. The van der Waals surface area contributed by atoms with E-state index in [4.69, 9.17) is 4.74 Å². The van der Waals surface area contributed by atoms with E-state index >= 15 is 0 Å². The molecule has 0 bridgehead atoms. The van der Waals surface area contributed by atoms with Crippen LogP contribution in [0.2, 0.25) is 0 Å². The van der Waals surface area contributed by atoms with Crippen LogP contribution >= 0.6 is 15.9 Å². The number of hydrazone groups is 1. The first-order chi connectivity index (χ1) is 11.0. The summed E-state index contributed by atoms with van der Waals surface area (Å²) in [5, 5.41) is 13.7. The van der Waals surface area contributed by atoms with E-state index in [0.717, 1.165) is 10.0 Å². The van der Waals surface area contributed by atoms with Gasteiger partial charge in [0.2, 0.25) is 0 Å². The first kappa shape index (κ1) is 17.0. The molecule has 1 amide bonds. The Bertz CT molecular complexity index is 744. The maximum atomic E-state index is 11.8. The molecule has 5 nitrogen and oxygen atoms in total. The van der Waals surface area contributed by atoms with Crippen molar-refractivity contribution in [3.8, 4) is 11.5 Å². The maximum Gasteiger partial charge on any atom is 0.277 e. The SMILES string of the molecule is C/C(=N\NC(=O)COc1ccc(Br)cc1C)c1ccccc1O. The molecular formula is C17H17BrN2O3. The predicted octanol–water partition coefficient (Wildman–Crippen LogP) is 3.38. The number of hydrogen-bond acceptors (Lipinski definition) is 4. The van der Waals surface area contributed by atoms with Gasteiger partial charge in [0.1, 0.15) is 11.5 Å². The number of hydrogen-bond donors (Lipinski definition) is 2. The molecule has 0 atom stereocenters. The molecule has 6 heteroatoms. The van der Waals surface area contributed by atoms with Gasteiger partial charge in [-0.2, -0.15) is 5.10 Å². The molecule has 0 unspecified atom stereocenters. The van der Waals surface area contributed by atoms with Gasteiger partial charge in [0.25, 0.3) is 5.91 Å². The Labute approximate surface area is 143 Å². The Morgan fingerprint density at radius 2 is 2.04 bits per heavy atom. The number of aryl methyl sites for hydroxylation is 1. The topological polar surface area (TPSA) is 70.9 Å². The van der Waals surface area contributed by atoms with Crippen LogP contribution in [0.4, 0.5) is 0 Å². The number of nitrogens with zero attached hydrogens (tertiary/aromatic N) is 1. The zero-order chi connectivity index (χ0) is 16.8. The summed E-state index contributed by atoms with van der Waals surface area (Å²) in [6.45, 7) is 3.47. The van der Waals surface area contributed by atoms with Crippen molar-refractivity contribution >= 4 is 27.5 Å². The molecule has 0 saturated heterocycles. The zero-order valence-corrected chi connectivity index (χ0v) is 14.4. The molecule has 0 spiro atoms. The number of para-hydroxylation sites is 1. The fraction of sp³-hybridized carbons (Fsp3) is 0.176. The Morgan fingerprint density at radius 1 is 1.30 bits per heavy atom. The van der Waals surface area contributed by atoms with E-state index in [1.807, 2.05) is 19.1 Å². The summed E-state index contributed by atoms with van der Waals surface area (Å²) in [7, 11) is 0. The van der Waals surface area contributed by atoms with Gasteiger partial charge in [-0.25, -0.2) is 5.43 Å². The molecule has 0 aliphatic rings. The van der Waals surface area contributed by atoms with Crippen LogP contribution in [0.15, 0.2) is 52.0 Å². The Balaban J connectivity index is 1.92. The van der Waals surface area contributed by atoms with Crippen molar-refractivity contribution in [3.63, 3.8) is 0 Å². The minimum Gasteiger partial charge on any atom is -0.507 e. The third-order valence-corrected chi connectivity index (χ3v) is 3.63. The van der Waals surface area contributed by atoms with E-state index < -0.39 is 0 Å².